The van der Waals surface area contributed by atoms with E-state index < -0.39 is 12.4 Å². The van der Waals surface area contributed by atoms with E-state index in [1.807, 2.05) is 0 Å². The topological polar surface area (TPSA) is 63.0 Å². The first-order valence-corrected chi connectivity index (χ1v) is 5.23. The fraction of sp³-hybridized carbons (Fsp3) is 0.300. The van der Waals surface area contributed by atoms with Gasteiger partial charge in [0, 0.05) is 10.0 Å². The van der Waals surface area contributed by atoms with Crippen LogP contribution in [0, 0.1) is 11.3 Å². The van der Waals surface area contributed by atoms with E-state index in [1.165, 1.54) is 7.11 Å². The molecule has 0 saturated carbocycles. The van der Waals surface area contributed by atoms with Crippen molar-refractivity contribution in [3.63, 3.8) is 0 Å². The molecule has 0 aliphatic rings. The Bertz CT molecular complexity index is 486. The third-order valence-electron chi connectivity index (χ3n) is 1.94. The summed E-state index contributed by atoms with van der Waals surface area (Å²) in [5.74, 6) is -0.617. The molecule has 0 aromatic carbocycles. The van der Waals surface area contributed by atoms with E-state index >= 15 is 0 Å². The number of rotatable bonds is 3. The molecular weight excluding hydrogens is 298 g/mol. The molecule has 4 nitrogen and oxygen atoms in total. The van der Waals surface area contributed by atoms with Gasteiger partial charge in [-0.1, -0.05) is 0 Å². The molecule has 1 heterocycles. The highest BCUT2D eigenvalue weighted by molar-refractivity contribution is 9.10. The fourth-order valence-electron chi connectivity index (χ4n) is 1.15. The highest BCUT2D eigenvalue weighted by Crippen LogP contribution is 2.30. The lowest BCUT2D eigenvalue weighted by atomic mass is 10.1. The Morgan fingerprint density at radius 1 is 1.71 bits per heavy atom. The van der Waals surface area contributed by atoms with Crippen LogP contribution in [0.3, 0.4) is 0 Å². The SMILES string of the molecule is COC(=O)Cc1nc(C#N)cc(C(F)F)c1Br. The molecule has 0 aliphatic heterocycles. The number of alkyl halides is 2. The zero-order chi connectivity index (χ0) is 13.0. The molecule has 0 N–H and O–H groups in total. The summed E-state index contributed by atoms with van der Waals surface area (Å²) in [5, 5.41) is 8.66. The molecule has 90 valence electrons. The van der Waals surface area contributed by atoms with E-state index in [1.54, 1.807) is 6.07 Å². The van der Waals surface area contributed by atoms with Crippen LogP contribution in [0.5, 0.6) is 0 Å². The van der Waals surface area contributed by atoms with Crippen LogP contribution in [0.2, 0.25) is 0 Å². The quantitative estimate of drug-likeness (QED) is 0.804. The van der Waals surface area contributed by atoms with Gasteiger partial charge in [0.05, 0.1) is 19.2 Å². The summed E-state index contributed by atoms with van der Waals surface area (Å²) in [4.78, 5) is 14.8. The lowest BCUT2D eigenvalue weighted by Crippen LogP contribution is -2.09. The standard InChI is InChI=1S/C10H7BrF2N2O2/c1-17-8(16)3-7-9(11)6(10(12)13)2-5(4-14)15-7/h2,10H,3H2,1H3. The van der Waals surface area contributed by atoms with Crippen LogP contribution in [-0.2, 0) is 16.0 Å². The molecule has 0 atom stereocenters. The molecule has 7 heteroatoms. The van der Waals surface area contributed by atoms with Crippen LogP contribution in [0.15, 0.2) is 10.5 Å². The van der Waals surface area contributed by atoms with E-state index in [0.717, 1.165) is 6.07 Å². The number of nitriles is 1. The minimum atomic E-state index is -2.75. The van der Waals surface area contributed by atoms with Gasteiger partial charge in [-0.2, -0.15) is 5.26 Å². The number of carbonyl (C=O) groups is 1. The normalized spacial score (nSPS) is 10.1. The molecule has 1 aromatic rings. The average Bonchev–Trinajstić information content (AvgIpc) is 2.31. The van der Waals surface area contributed by atoms with Crippen molar-refractivity contribution in [2.75, 3.05) is 7.11 Å². The van der Waals surface area contributed by atoms with Crippen molar-refractivity contribution in [2.24, 2.45) is 0 Å². The van der Waals surface area contributed by atoms with Crippen LogP contribution in [0.4, 0.5) is 8.78 Å². The summed E-state index contributed by atoms with van der Waals surface area (Å²) in [5.41, 5.74) is -0.468. The first-order chi connectivity index (χ1) is 7.99. The Morgan fingerprint density at radius 2 is 2.35 bits per heavy atom. The number of carbonyl (C=O) groups excluding carboxylic acids is 1. The van der Waals surface area contributed by atoms with Crippen molar-refractivity contribution in [3.8, 4) is 6.07 Å². The maximum atomic E-state index is 12.7. The predicted octanol–water partition coefficient (Wildman–Crippen LogP) is 2.37. The molecule has 0 amide bonds. The number of hydrogen-bond acceptors (Lipinski definition) is 4. The number of nitrogens with zero attached hydrogens (tertiary/aromatic N) is 2. The molecule has 0 bridgehead atoms. The van der Waals surface area contributed by atoms with Crippen molar-refractivity contribution in [1.82, 2.24) is 4.98 Å². The molecule has 0 saturated heterocycles. The van der Waals surface area contributed by atoms with E-state index in [0.29, 0.717) is 0 Å². The summed E-state index contributed by atoms with van der Waals surface area (Å²) < 4.78 is 29.8. The minimum absolute atomic E-state index is 0.0249. The van der Waals surface area contributed by atoms with Crippen LogP contribution in [0.1, 0.15) is 23.4 Å². The Balaban J connectivity index is 3.25. The summed E-state index contributed by atoms with van der Waals surface area (Å²) in [7, 11) is 1.18. The van der Waals surface area contributed by atoms with Gasteiger partial charge in [0.15, 0.2) is 0 Å². The monoisotopic (exact) mass is 304 g/mol. The summed E-state index contributed by atoms with van der Waals surface area (Å²) in [6.07, 6.45) is -3.03. The highest BCUT2D eigenvalue weighted by atomic mass is 79.9. The van der Waals surface area contributed by atoms with Gasteiger partial charge in [0.25, 0.3) is 6.43 Å². The van der Waals surface area contributed by atoms with Crippen molar-refractivity contribution >= 4 is 21.9 Å². The molecule has 1 aromatic heterocycles. The number of pyridine rings is 1. The maximum Gasteiger partial charge on any atom is 0.311 e. The maximum absolute atomic E-state index is 12.7. The zero-order valence-electron chi connectivity index (χ0n) is 8.71. The molecule has 0 spiro atoms. The third kappa shape index (κ3) is 3.20. The van der Waals surface area contributed by atoms with Gasteiger partial charge in [0.1, 0.15) is 11.8 Å². The second kappa shape index (κ2) is 5.68. The van der Waals surface area contributed by atoms with Crippen LogP contribution in [-0.4, -0.2) is 18.1 Å². The van der Waals surface area contributed by atoms with Gasteiger partial charge in [-0.15, -0.1) is 0 Å². The van der Waals surface area contributed by atoms with Crippen molar-refractivity contribution in [3.05, 3.63) is 27.5 Å². The van der Waals surface area contributed by atoms with Gasteiger partial charge < -0.3 is 4.74 Å². The second-order valence-electron chi connectivity index (χ2n) is 3.02. The van der Waals surface area contributed by atoms with Crippen molar-refractivity contribution in [1.29, 1.82) is 5.26 Å². The number of esters is 1. The summed E-state index contributed by atoms with van der Waals surface area (Å²) in [6, 6.07) is 2.65. The zero-order valence-corrected chi connectivity index (χ0v) is 10.3. The van der Waals surface area contributed by atoms with E-state index in [4.69, 9.17) is 5.26 Å². The van der Waals surface area contributed by atoms with Crippen LogP contribution < -0.4 is 0 Å². The molecule has 0 unspecified atom stereocenters. The Hall–Kier alpha value is -1.55. The smallest absolute Gasteiger partial charge is 0.311 e. The first-order valence-electron chi connectivity index (χ1n) is 4.44. The predicted molar refractivity (Wildman–Crippen MR) is 57.3 cm³/mol. The Labute approximate surface area is 104 Å². The lowest BCUT2D eigenvalue weighted by Gasteiger charge is -2.08. The lowest BCUT2D eigenvalue weighted by molar-refractivity contribution is -0.139. The number of hydrogen-bond donors (Lipinski definition) is 0. The van der Waals surface area contributed by atoms with Gasteiger partial charge in [0.2, 0.25) is 0 Å². The molecule has 0 aliphatic carbocycles. The fourth-order valence-corrected chi connectivity index (χ4v) is 1.66. The molecule has 1 rings (SSSR count). The number of methoxy groups -OCH3 is 1. The van der Waals surface area contributed by atoms with E-state index in [9.17, 15) is 13.6 Å². The Morgan fingerprint density at radius 3 is 2.82 bits per heavy atom. The van der Waals surface area contributed by atoms with Gasteiger partial charge >= 0.3 is 5.97 Å². The number of halogens is 3. The number of ether oxygens (including phenoxy) is 1. The summed E-state index contributed by atoms with van der Waals surface area (Å²) >= 11 is 2.94. The van der Waals surface area contributed by atoms with Gasteiger partial charge in [-0.05, 0) is 22.0 Å². The molecule has 17 heavy (non-hydrogen) atoms. The number of aromatic nitrogens is 1. The molecule has 0 radical (unpaired) electrons. The minimum Gasteiger partial charge on any atom is -0.469 e. The average molecular weight is 305 g/mol. The second-order valence-corrected chi connectivity index (χ2v) is 3.82. The van der Waals surface area contributed by atoms with Gasteiger partial charge in [-0.3, -0.25) is 4.79 Å². The largest absolute Gasteiger partial charge is 0.469 e. The molecule has 0 fully saturated rings. The van der Waals surface area contributed by atoms with Crippen molar-refractivity contribution < 1.29 is 18.3 Å². The van der Waals surface area contributed by atoms with Gasteiger partial charge in [-0.25, -0.2) is 13.8 Å². The Kier molecular flexibility index (Phi) is 4.52. The van der Waals surface area contributed by atoms with Crippen LogP contribution in [0.25, 0.3) is 0 Å². The third-order valence-corrected chi connectivity index (χ3v) is 2.86. The highest BCUT2D eigenvalue weighted by Gasteiger charge is 2.19. The van der Waals surface area contributed by atoms with Crippen LogP contribution >= 0.6 is 15.9 Å². The van der Waals surface area contributed by atoms with Crippen molar-refractivity contribution in [2.45, 2.75) is 12.8 Å². The first kappa shape index (κ1) is 13.5. The van der Waals surface area contributed by atoms with E-state index in [2.05, 4.69) is 25.7 Å². The van der Waals surface area contributed by atoms with E-state index in [-0.39, 0.29) is 27.8 Å². The summed E-state index contributed by atoms with van der Waals surface area (Å²) in [6.45, 7) is 0. The molecular formula is C10H7BrF2N2O2.